The van der Waals surface area contributed by atoms with Gasteiger partial charge in [0.2, 0.25) is 5.91 Å². The van der Waals surface area contributed by atoms with E-state index in [0.717, 1.165) is 24.8 Å². The summed E-state index contributed by atoms with van der Waals surface area (Å²) in [7, 11) is 0. The molecule has 1 saturated heterocycles. The largest absolute Gasteiger partial charge is 0.349 e. The van der Waals surface area contributed by atoms with E-state index in [1.54, 1.807) is 4.90 Å². The number of nitrogens with zero attached hydrogens (tertiary/aromatic N) is 1. The van der Waals surface area contributed by atoms with Crippen molar-refractivity contribution in [2.75, 3.05) is 6.54 Å². The van der Waals surface area contributed by atoms with Gasteiger partial charge in [-0.2, -0.15) is 0 Å². The third kappa shape index (κ3) is 4.71. The Morgan fingerprint density at radius 3 is 2.61 bits per heavy atom. The second-order valence-electron chi connectivity index (χ2n) is 6.72. The van der Waals surface area contributed by atoms with E-state index in [2.05, 4.69) is 10.6 Å². The van der Waals surface area contributed by atoms with Gasteiger partial charge in [-0.3, -0.25) is 4.79 Å². The molecule has 1 aliphatic heterocycles. The third-order valence-electron chi connectivity index (χ3n) is 4.45. The van der Waals surface area contributed by atoms with E-state index in [9.17, 15) is 9.59 Å². The maximum absolute atomic E-state index is 12.5. The summed E-state index contributed by atoms with van der Waals surface area (Å²) in [6.45, 7) is 7.15. The minimum Gasteiger partial charge on any atom is -0.349 e. The van der Waals surface area contributed by atoms with Crippen LogP contribution in [0.25, 0.3) is 0 Å². The molecule has 23 heavy (non-hydrogen) atoms. The zero-order valence-corrected chi connectivity index (χ0v) is 14.3. The van der Waals surface area contributed by atoms with E-state index in [1.807, 2.05) is 51.1 Å². The fourth-order valence-electron chi connectivity index (χ4n) is 2.66. The van der Waals surface area contributed by atoms with Crippen LogP contribution in [0.1, 0.15) is 45.6 Å². The molecule has 2 N–H and O–H groups in total. The number of carbonyl (C=O) groups is 2. The van der Waals surface area contributed by atoms with Crippen LogP contribution < -0.4 is 10.6 Å². The van der Waals surface area contributed by atoms with Gasteiger partial charge in [0.15, 0.2) is 0 Å². The quantitative estimate of drug-likeness (QED) is 0.877. The van der Waals surface area contributed by atoms with Gasteiger partial charge in [-0.05, 0) is 38.7 Å². The third-order valence-corrected chi connectivity index (χ3v) is 4.45. The Bertz CT molecular complexity index is 542. The standard InChI is InChI=1S/C18H27N3O2/c1-4-18(2,3)20-16(22)15-11-8-12-21(15)17(23)19-13-14-9-6-5-7-10-14/h5-7,9-10,15H,4,8,11-13H2,1-3H3,(H,19,23)(H,20,22)/t15-/m0/s1. The van der Waals surface area contributed by atoms with E-state index < -0.39 is 0 Å². The summed E-state index contributed by atoms with van der Waals surface area (Å²) in [6, 6.07) is 9.25. The van der Waals surface area contributed by atoms with Crippen molar-refractivity contribution in [2.24, 2.45) is 0 Å². The van der Waals surface area contributed by atoms with E-state index in [0.29, 0.717) is 13.1 Å². The zero-order chi connectivity index (χ0) is 16.9. The monoisotopic (exact) mass is 317 g/mol. The molecule has 1 aromatic rings. The minimum atomic E-state index is -0.364. The summed E-state index contributed by atoms with van der Waals surface area (Å²) >= 11 is 0. The lowest BCUT2D eigenvalue weighted by Gasteiger charge is -2.30. The van der Waals surface area contributed by atoms with Gasteiger partial charge in [0.05, 0.1) is 0 Å². The summed E-state index contributed by atoms with van der Waals surface area (Å²) in [5, 5.41) is 5.96. The smallest absolute Gasteiger partial charge is 0.318 e. The second-order valence-corrected chi connectivity index (χ2v) is 6.72. The number of urea groups is 1. The number of benzene rings is 1. The van der Waals surface area contributed by atoms with Crippen molar-refractivity contribution in [2.45, 2.75) is 58.2 Å². The van der Waals surface area contributed by atoms with Crippen molar-refractivity contribution in [3.63, 3.8) is 0 Å². The number of hydrogen-bond acceptors (Lipinski definition) is 2. The van der Waals surface area contributed by atoms with Crippen molar-refractivity contribution in [3.05, 3.63) is 35.9 Å². The Labute approximate surface area is 138 Å². The van der Waals surface area contributed by atoms with Gasteiger partial charge in [0, 0.05) is 18.6 Å². The Hall–Kier alpha value is -2.04. The van der Waals surface area contributed by atoms with Gasteiger partial charge in [-0.25, -0.2) is 4.79 Å². The van der Waals surface area contributed by atoms with Crippen LogP contribution in [0.15, 0.2) is 30.3 Å². The first-order valence-corrected chi connectivity index (χ1v) is 8.33. The van der Waals surface area contributed by atoms with Gasteiger partial charge in [-0.1, -0.05) is 37.3 Å². The highest BCUT2D eigenvalue weighted by Crippen LogP contribution is 2.19. The molecular formula is C18H27N3O2. The van der Waals surface area contributed by atoms with E-state index in [1.165, 1.54) is 0 Å². The number of carbonyl (C=O) groups excluding carboxylic acids is 2. The number of hydrogen-bond donors (Lipinski definition) is 2. The number of nitrogens with one attached hydrogen (secondary N) is 2. The van der Waals surface area contributed by atoms with Crippen LogP contribution in [-0.2, 0) is 11.3 Å². The van der Waals surface area contributed by atoms with Gasteiger partial charge in [-0.15, -0.1) is 0 Å². The fraction of sp³-hybridized carbons (Fsp3) is 0.556. The average molecular weight is 317 g/mol. The molecule has 0 bridgehead atoms. The lowest BCUT2D eigenvalue weighted by Crippen LogP contribution is -2.53. The first-order chi connectivity index (χ1) is 10.9. The summed E-state index contributed by atoms with van der Waals surface area (Å²) in [6.07, 6.45) is 2.44. The molecule has 1 atom stereocenters. The molecule has 1 heterocycles. The van der Waals surface area contributed by atoms with Crippen molar-refractivity contribution in [3.8, 4) is 0 Å². The van der Waals surface area contributed by atoms with Crippen molar-refractivity contribution >= 4 is 11.9 Å². The summed E-state index contributed by atoms with van der Waals surface area (Å²) in [5.41, 5.74) is 0.805. The summed E-state index contributed by atoms with van der Waals surface area (Å²) < 4.78 is 0. The minimum absolute atomic E-state index is 0.0517. The Balaban J connectivity index is 1.92. The topological polar surface area (TPSA) is 61.4 Å². The highest BCUT2D eigenvalue weighted by atomic mass is 16.2. The molecule has 0 unspecified atom stereocenters. The molecule has 1 fully saturated rings. The maximum atomic E-state index is 12.5. The van der Waals surface area contributed by atoms with Crippen LogP contribution in [0, 0.1) is 0 Å². The Morgan fingerprint density at radius 1 is 1.26 bits per heavy atom. The fourth-order valence-corrected chi connectivity index (χ4v) is 2.66. The normalized spacial score (nSPS) is 17.9. The van der Waals surface area contributed by atoms with Crippen LogP contribution >= 0.6 is 0 Å². The first-order valence-electron chi connectivity index (χ1n) is 8.33. The number of amides is 3. The average Bonchev–Trinajstić information content (AvgIpc) is 3.03. The molecular weight excluding hydrogens is 290 g/mol. The van der Waals surface area contributed by atoms with E-state index in [-0.39, 0.29) is 23.5 Å². The lowest BCUT2D eigenvalue weighted by molar-refractivity contribution is -0.126. The van der Waals surface area contributed by atoms with E-state index in [4.69, 9.17) is 0 Å². The first kappa shape index (κ1) is 17.3. The Morgan fingerprint density at radius 2 is 1.96 bits per heavy atom. The molecule has 1 aromatic carbocycles. The molecule has 0 aliphatic carbocycles. The molecule has 0 spiro atoms. The van der Waals surface area contributed by atoms with Crippen LogP contribution in [0.2, 0.25) is 0 Å². The number of rotatable bonds is 5. The molecule has 0 aromatic heterocycles. The summed E-state index contributed by atoms with van der Waals surface area (Å²) in [4.78, 5) is 26.5. The number of likely N-dealkylation sites (tertiary alicyclic amines) is 1. The van der Waals surface area contributed by atoms with Crippen molar-refractivity contribution in [1.29, 1.82) is 0 Å². The van der Waals surface area contributed by atoms with Gasteiger partial charge < -0.3 is 15.5 Å². The molecule has 0 radical (unpaired) electrons. The molecule has 1 aliphatic rings. The SMILES string of the molecule is CCC(C)(C)NC(=O)[C@@H]1CCCN1C(=O)NCc1ccccc1. The molecule has 3 amide bonds. The van der Waals surface area contributed by atoms with Crippen molar-refractivity contribution < 1.29 is 9.59 Å². The predicted octanol–water partition coefficient (Wildman–Crippen LogP) is 2.67. The van der Waals surface area contributed by atoms with Crippen LogP contribution in [0.3, 0.4) is 0 Å². The highest BCUT2D eigenvalue weighted by Gasteiger charge is 2.35. The molecule has 5 heteroatoms. The van der Waals surface area contributed by atoms with Crippen LogP contribution in [0.4, 0.5) is 4.79 Å². The zero-order valence-electron chi connectivity index (χ0n) is 14.3. The molecule has 2 rings (SSSR count). The highest BCUT2D eigenvalue weighted by molar-refractivity contribution is 5.88. The molecule has 126 valence electrons. The van der Waals surface area contributed by atoms with E-state index >= 15 is 0 Å². The van der Waals surface area contributed by atoms with Crippen molar-refractivity contribution in [1.82, 2.24) is 15.5 Å². The van der Waals surface area contributed by atoms with Crippen LogP contribution in [0.5, 0.6) is 0 Å². The summed E-state index contributed by atoms with van der Waals surface area (Å²) in [5.74, 6) is -0.0517. The van der Waals surface area contributed by atoms with Gasteiger partial charge >= 0.3 is 6.03 Å². The second kappa shape index (κ2) is 7.49. The molecule has 0 saturated carbocycles. The van der Waals surface area contributed by atoms with Gasteiger partial charge in [0.25, 0.3) is 0 Å². The van der Waals surface area contributed by atoms with Gasteiger partial charge in [0.1, 0.15) is 6.04 Å². The Kier molecular flexibility index (Phi) is 5.64. The van der Waals surface area contributed by atoms with Crippen LogP contribution in [-0.4, -0.2) is 35.0 Å². The maximum Gasteiger partial charge on any atom is 0.318 e. The predicted molar refractivity (Wildman–Crippen MR) is 90.9 cm³/mol. The lowest BCUT2D eigenvalue weighted by atomic mass is 10.0. The molecule has 5 nitrogen and oxygen atoms in total.